The second-order valence-electron chi connectivity index (χ2n) is 9.57. The number of anilines is 3. The summed E-state index contributed by atoms with van der Waals surface area (Å²) in [6.07, 6.45) is 3.75. The minimum Gasteiger partial charge on any atom is -0.478 e. The van der Waals surface area contributed by atoms with Crippen LogP contribution in [0.2, 0.25) is 0 Å². The van der Waals surface area contributed by atoms with E-state index in [2.05, 4.69) is 31.6 Å². The van der Waals surface area contributed by atoms with Gasteiger partial charge in [-0.1, -0.05) is 24.3 Å². The Balaban J connectivity index is 1.25. The van der Waals surface area contributed by atoms with Gasteiger partial charge in [0.1, 0.15) is 10.9 Å². The molecule has 0 unspecified atom stereocenters. The van der Waals surface area contributed by atoms with Crippen molar-refractivity contribution in [2.75, 3.05) is 16.3 Å². The van der Waals surface area contributed by atoms with Crippen LogP contribution < -0.4 is 37.8 Å². The first kappa shape index (κ1) is 31.1. The number of nitrogens with one attached hydrogen (secondary N) is 3. The number of hydrazone groups is 1. The van der Waals surface area contributed by atoms with Crippen molar-refractivity contribution in [2.24, 2.45) is 15.3 Å². The van der Waals surface area contributed by atoms with Crippen molar-refractivity contribution in [3.8, 4) is 11.1 Å². The van der Waals surface area contributed by atoms with E-state index >= 15 is 0 Å². The Morgan fingerprint density at radius 3 is 1.72 bits per heavy atom. The van der Waals surface area contributed by atoms with Crippen molar-refractivity contribution < 1.29 is 27.7 Å². The molecule has 0 radical (unpaired) electrons. The average molecular weight is 639 g/mol. The lowest BCUT2D eigenvalue weighted by molar-refractivity contribution is -0.134. The summed E-state index contributed by atoms with van der Waals surface area (Å²) in [6, 6.07) is 21.7. The molecule has 230 valence electrons. The number of hydrogen-bond donors (Lipinski definition) is 5. The Labute approximate surface area is 259 Å². The molecule has 0 spiro atoms. The van der Waals surface area contributed by atoms with Gasteiger partial charge in [0.15, 0.2) is 11.1 Å². The molecule has 0 heterocycles. The highest BCUT2D eigenvalue weighted by Gasteiger charge is 2.18. The van der Waals surface area contributed by atoms with Gasteiger partial charge in [-0.25, -0.2) is 4.79 Å². The van der Waals surface area contributed by atoms with E-state index in [1.807, 2.05) is 24.3 Å². The summed E-state index contributed by atoms with van der Waals surface area (Å²) >= 11 is 0. The van der Waals surface area contributed by atoms with Crippen molar-refractivity contribution in [3.63, 3.8) is 0 Å². The number of rotatable bonds is 9. The lowest BCUT2D eigenvalue weighted by Gasteiger charge is -2.07. The quantitative estimate of drug-likeness (QED) is 0.0773. The molecule has 0 atom stereocenters. The summed E-state index contributed by atoms with van der Waals surface area (Å²) in [7, 11) is -4.37. The van der Waals surface area contributed by atoms with Crippen LogP contribution in [0.1, 0.15) is 0 Å². The third kappa shape index (κ3) is 7.42. The number of carbonyl (C=O) groups excluding carboxylic acids is 1. The zero-order chi connectivity index (χ0) is 32.8. The van der Waals surface area contributed by atoms with E-state index in [1.165, 1.54) is 30.4 Å². The summed E-state index contributed by atoms with van der Waals surface area (Å²) < 4.78 is 31.4. The molecule has 0 aromatic heterocycles. The van der Waals surface area contributed by atoms with Gasteiger partial charge in [-0.05, 0) is 90.0 Å². The largest absolute Gasteiger partial charge is 0.478 e. The van der Waals surface area contributed by atoms with Crippen LogP contribution in [-0.2, 0) is 19.7 Å². The fourth-order valence-electron chi connectivity index (χ4n) is 4.04. The number of ketones is 1. The lowest BCUT2D eigenvalue weighted by Crippen LogP contribution is -2.47. The zero-order valence-corrected chi connectivity index (χ0v) is 24.2. The minimum absolute atomic E-state index is 0.0670. The molecule has 0 bridgehead atoms. The van der Waals surface area contributed by atoms with Crippen molar-refractivity contribution >= 4 is 44.6 Å². The van der Waals surface area contributed by atoms with Crippen LogP contribution in [0, 0.1) is 0 Å². The fraction of sp³-hybridized carbons (Fsp3) is 0. The second kappa shape index (κ2) is 13.1. The summed E-state index contributed by atoms with van der Waals surface area (Å²) in [6.45, 7) is 0. The van der Waals surface area contributed by atoms with E-state index in [9.17, 15) is 27.6 Å². The molecule has 0 saturated heterocycles. The number of hydrogen-bond acceptors (Lipinski definition) is 12. The molecular weight excluding hydrogens is 616 g/mol. The highest BCUT2D eigenvalue weighted by atomic mass is 32.2. The standard InChI is InChI=1S/C31H22N6O8S/c38-27-15-11-23(17-25(27)31(41)42)35-32-20-5-1-18(2-6-20)19-3-7-21(8-4-19)33-36-26-14-16-28(39)29(30(26)40)37-34-22-9-12-24(13-10-22)46(43,44)45/h1-17,32-34H,(H,41,42)(H,43,44,45). The molecule has 46 heavy (non-hydrogen) atoms. The summed E-state index contributed by atoms with van der Waals surface area (Å²) in [4.78, 5) is 47.5. The van der Waals surface area contributed by atoms with Gasteiger partial charge in [0.05, 0.1) is 27.7 Å². The van der Waals surface area contributed by atoms with Gasteiger partial charge in [-0.2, -0.15) is 23.7 Å². The molecule has 4 aromatic carbocycles. The Bertz CT molecular complexity index is 2270. The van der Waals surface area contributed by atoms with E-state index in [4.69, 9.17) is 9.66 Å². The Kier molecular flexibility index (Phi) is 8.88. The normalized spacial score (nSPS) is 14.7. The molecule has 15 heteroatoms. The number of carboxylic acid groups (broad SMARTS) is 1. The SMILES string of the molecule is O=C(O)C1=CC(=NNc2ccc(-c3ccc(NN=c4ccc(=O)c(=NNc5ccc(S(=O)(=O)O)cc5)c4=O)cc3)cc2)C=CC1=O. The molecule has 14 nitrogen and oxygen atoms in total. The van der Waals surface area contributed by atoms with Gasteiger partial charge in [0.25, 0.3) is 10.1 Å². The zero-order valence-electron chi connectivity index (χ0n) is 23.4. The van der Waals surface area contributed by atoms with Crippen molar-refractivity contribution in [3.05, 3.63) is 140 Å². The van der Waals surface area contributed by atoms with Crippen LogP contribution in [0.5, 0.6) is 0 Å². The Hall–Kier alpha value is -6.32. The number of allylic oxidation sites excluding steroid dienone is 3. The van der Waals surface area contributed by atoms with E-state index in [0.29, 0.717) is 11.4 Å². The molecule has 0 saturated carbocycles. The maximum absolute atomic E-state index is 12.8. The fourth-order valence-corrected chi connectivity index (χ4v) is 4.52. The maximum atomic E-state index is 12.8. The highest BCUT2D eigenvalue weighted by molar-refractivity contribution is 7.85. The lowest BCUT2D eigenvalue weighted by atomic mass is 10.0. The van der Waals surface area contributed by atoms with E-state index in [1.54, 1.807) is 24.3 Å². The van der Waals surface area contributed by atoms with Crippen LogP contribution in [0.4, 0.5) is 17.1 Å². The molecule has 4 aromatic rings. The van der Waals surface area contributed by atoms with Gasteiger partial charge in [-0.3, -0.25) is 35.2 Å². The first-order valence-electron chi connectivity index (χ1n) is 13.2. The van der Waals surface area contributed by atoms with Gasteiger partial charge in [-0.15, -0.1) is 0 Å². The van der Waals surface area contributed by atoms with Gasteiger partial charge >= 0.3 is 5.97 Å². The first-order valence-corrected chi connectivity index (χ1v) is 14.7. The average Bonchev–Trinajstić information content (AvgIpc) is 3.04. The smallest absolute Gasteiger partial charge is 0.339 e. The molecular formula is C31H22N6O8S. The third-order valence-electron chi connectivity index (χ3n) is 6.44. The molecule has 1 aliphatic carbocycles. The topological polar surface area (TPSA) is 216 Å². The third-order valence-corrected chi connectivity index (χ3v) is 7.31. The van der Waals surface area contributed by atoms with Gasteiger partial charge in [0, 0.05) is 0 Å². The predicted octanol–water partition coefficient (Wildman–Crippen LogP) is 1.97. The molecule has 5 rings (SSSR count). The summed E-state index contributed by atoms with van der Waals surface area (Å²) in [5.41, 5.74) is 9.91. The van der Waals surface area contributed by atoms with E-state index in [0.717, 1.165) is 35.4 Å². The maximum Gasteiger partial charge on any atom is 0.339 e. The second-order valence-corrected chi connectivity index (χ2v) is 11.0. The molecule has 0 aliphatic heterocycles. The van der Waals surface area contributed by atoms with Crippen molar-refractivity contribution in [1.82, 2.24) is 0 Å². The molecule has 0 amide bonds. The number of carboxylic acids is 1. The van der Waals surface area contributed by atoms with Crippen LogP contribution in [0.3, 0.4) is 0 Å². The van der Waals surface area contributed by atoms with Gasteiger partial charge < -0.3 is 5.11 Å². The summed E-state index contributed by atoms with van der Waals surface area (Å²) in [5, 5.41) is 20.7. The molecule has 1 aliphatic rings. The highest BCUT2D eigenvalue weighted by Crippen LogP contribution is 2.23. The van der Waals surface area contributed by atoms with E-state index in [-0.39, 0.29) is 27.2 Å². The number of carbonyl (C=O) groups is 2. The van der Waals surface area contributed by atoms with Gasteiger partial charge in [0.2, 0.25) is 10.9 Å². The molecule has 5 N–H and O–H groups in total. The van der Waals surface area contributed by atoms with Crippen molar-refractivity contribution in [2.45, 2.75) is 4.90 Å². The van der Waals surface area contributed by atoms with Crippen molar-refractivity contribution in [1.29, 1.82) is 0 Å². The number of benzene rings is 4. The monoisotopic (exact) mass is 638 g/mol. The van der Waals surface area contributed by atoms with Crippen LogP contribution in [0.15, 0.2) is 139 Å². The summed E-state index contributed by atoms with van der Waals surface area (Å²) in [5.74, 6) is -1.92. The van der Waals surface area contributed by atoms with Crippen LogP contribution >= 0.6 is 0 Å². The first-order chi connectivity index (χ1) is 22.0. The van der Waals surface area contributed by atoms with Crippen LogP contribution in [0.25, 0.3) is 11.1 Å². The molecule has 0 fully saturated rings. The minimum atomic E-state index is -4.37. The predicted molar refractivity (Wildman–Crippen MR) is 169 cm³/mol. The Morgan fingerprint density at radius 1 is 0.652 bits per heavy atom. The van der Waals surface area contributed by atoms with E-state index < -0.39 is 38.1 Å². The Morgan fingerprint density at radius 2 is 1.17 bits per heavy atom. The number of nitrogens with zero attached hydrogens (tertiary/aromatic N) is 3. The van der Waals surface area contributed by atoms with Crippen LogP contribution in [-0.4, -0.2) is 35.5 Å². The number of aliphatic carboxylic acids is 1.